The third kappa shape index (κ3) is 3.08. The molecule has 15 heavy (non-hydrogen) atoms. The molecule has 84 valence electrons. The Balaban J connectivity index is 1.73. The summed E-state index contributed by atoms with van der Waals surface area (Å²) < 4.78 is 0. The van der Waals surface area contributed by atoms with Crippen LogP contribution in [0, 0.1) is 5.92 Å². The van der Waals surface area contributed by atoms with Gasteiger partial charge < -0.3 is 15.6 Å². The summed E-state index contributed by atoms with van der Waals surface area (Å²) in [5, 5.41) is 6.99. The van der Waals surface area contributed by atoms with Gasteiger partial charge in [-0.25, -0.2) is 0 Å². The highest BCUT2D eigenvalue weighted by molar-refractivity contribution is 5.07. The molecule has 0 unspecified atom stereocenters. The Morgan fingerprint density at radius 2 is 2.27 bits per heavy atom. The maximum absolute atomic E-state index is 3.60. The van der Waals surface area contributed by atoms with E-state index in [1.807, 2.05) is 6.20 Å². The van der Waals surface area contributed by atoms with E-state index >= 15 is 0 Å². The number of piperidine rings is 1. The zero-order valence-electron chi connectivity index (χ0n) is 9.42. The molecule has 1 atom stereocenters. The molecule has 1 aliphatic rings. The number of aromatic amines is 1. The lowest BCUT2D eigenvalue weighted by Gasteiger charge is -2.24. The van der Waals surface area contributed by atoms with E-state index in [2.05, 4.69) is 34.7 Å². The van der Waals surface area contributed by atoms with Crippen LogP contribution in [0.2, 0.25) is 0 Å². The Morgan fingerprint density at radius 3 is 2.93 bits per heavy atom. The van der Waals surface area contributed by atoms with Crippen LogP contribution in [-0.2, 0) is 0 Å². The minimum Gasteiger partial charge on any atom is -0.364 e. The third-order valence-corrected chi connectivity index (χ3v) is 3.26. The SMILES string of the molecule is C[C@@H](NCC1CCNCC1)c1ccc[nH]1. The standard InChI is InChI=1S/C12H21N3/c1-10(12-3-2-6-14-12)15-9-11-4-7-13-8-5-11/h2-3,6,10-11,13-15H,4-5,7-9H2,1H3/t10-/m1/s1. The molecule has 0 aromatic carbocycles. The molecule has 1 aromatic rings. The molecule has 2 heterocycles. The number of aromatic nitrogens is 1. The van der Waals surface area contributed by atoms with Gasteiger partial charge >= 0.3 is 0 Å². The summed E-state index contributed by atoms with van der Waals surface area (Å²) in [5.41, 5.74) is 1.28. The summed E-state index contributed by atoms with van der Waals surface area (Å²) in [6.07, 6.45) is 4.60. The Labute approximate surface area is 91.7 Å². The Kier molecular flexibility index (Phi) is 3.80. The topological polar surface area (TPSA) is 39.8 Å². The van der Waals surface area contributed by atoms with Gasteiger partial charge in [0.15, 0.2) is 0 Å². The van der Waals surface area contributed by atoms with E-state index in [1.165, 1.54) is 31.6 Å². The highest BCUT2D eigenvalue weighted by Gasteiger charge is 2.14. The smallest absolute Gasteiger partial charge is 0.0444 e. The van der Waals surface area contributed by atoms with E-state index in [0.29, 0.717) is 6.04 Å². The first kappa shape index (κ1) is 10.7. The van der Waals surface area contributed by atoms with Crippen molar-refractivity contribution < 1.29 is 0 Å². The fourth-order valence-corrected chi connectivity index (χ4v) is 2.15. The van der Waals surface area contributed by atoms with Crippen LogP contribution in [0.25, 0.3) is 0 Å². The lowest BCUT2D eigenvalue weighted by molar-refractivity contribution is 0.344. The summed E-state index contributed by atoms with van der Waals surface area (Å²) in [6, 6.07) is 4.63. The monoisotopic (exact) mass is 207 g/mol. The molecule has 0 aliphatic carbocycles. The second-order valence-electron chi connectivity index (χ2n) is 4.45. The van der Waals surface area contributed by atoms with Crippen molar-refractivity contribution in [2.75, 3.05) is 19.6 Å². The summed E-state index contributed by atoms with van der Waals surface area (Å²) >= 11 is 0. The van der Waals surface area contributed by atoms with E-state index in [-0.39, 0.29) is 0 Å². The van der Waals surface area contributed by atoms with Crippen molar-refractivity contribution in [2.45, 2.75) is 25.8 Å². The average molecular weight is 207 g/mol. The van der Waals surface area contributed by atoms with Crippen LogP contribution in [0.15, 0.2) is 18.3 Å². The van der Waals surface area contributed by atoms with Crippen molar-refractivity contribution in [3.63, 3.8) is 0 Å². The van der Waals surface area contributed by atoms with Gasteiger partial charge in [0.1, 0.15) is 0 Å². The van der Waals surface area contributed by atoms with Crippen LogP contribution in [-0.4, -0.2) is 24.6 Å². The van der Waals surface area contributed by atoms with E-state index < -0.39 is 0 Å². The van der Waals surface area contributed by atoms with Crippen molar-refractivity contribution in [1.82, 2.24) is 15.6 Å². The summed E-state index contributed by atoms with van der Waals surface area (Å²) in [7, 11) is 0. The fraction of sp³-hybridized carbons (Fsp3) is 0.667. The van der Waals surface area contributed by atoms with Crippen molar-refractivity contribution in [3.8, 4) is 0 Å². The molecule has 0 amide bonds. The predicted octanol–water partition coefficient (Wildman–Crippen LogP) is 1.66. The van der Waals surface area contributed by atoms with Gasteiger partial charge in [-0.1, -0.05) is 0 Å². The summed E-state index contributed by atoms with van der Waals surface area (Å²) in [5.74, 6) is 0.851. The molecule has 1 fully saturated rings. The van der Waals surface area contributed by atoms with Crippen LogP contribution in [0.4, 0.5) is 0 Å². The molecular formula is C12H21N3. The molecule has 1 saturated heterocycles. The predicted molar refractivity (Wildman–Crippen MR) is 62.8 cm³/mol. The van der Waals surface area contributed by atoms with E-state index in [1.54, 1.807) is 0 Å². The first-order chi connectivity index (χ1) is 7.36. The molecule has 2 rings (SSSR count). The number of rotatable bonds is 4. The highest BCUT2D eigenvalue weighted by Crippen LogP contribution is 2.13. The van der Waals surface area contributed by atoms with Crippen molar-refractivity contribution in [2.24, 2.45) is 5.92 Å². The lowest BCUT2D eigenvalue weighted by atomic mass is 9.98. The number of H-pyrrole nitrogens is 1. The second-order valence-corrected chi connectivity index (χ2v) is 4.45. The van der Waals surface area contributed by atoms with Crippen LogP contribution in [0.3, 0.4) is 0 Å². The molecule has 0 spiro atoms. The fourth-order valence-electron chi connectivity index (χ4n) is 2.15. The molecule has 0 radical (unpaired) electrons. The van der Waals surface area contributed by atoms with Gasteiger partial charge in [-0.05, 0) is 57.5 Å². The van der Waals surface area contributed by atoms with Crippen molar-refractivity contribution in [1.29, 1.82) is 0 Å². The van der Waals surface area contributed by atoms with Gasteiger partial charge in [0.05, 0.1) is 0 Å². The highest BCUT2D eigenvalue weighted by atomic mass is 14.9. The summed E-state index contributed by atoms with van der Waals surface area (Å²) in [6.45, 7) is 5.72. The van der Waals surface area contributed by atoms with E-state index in [9.17, 15) is 0 Å². The maximum atomic E-state index is 3.60. The molecule has 3 heteroatoms. The van der Waals surface area contributed by atoms with Crippen LogP contribution < -0.4 is 10.6 Å². The Morgan fingerprint density at radius 1 is 1.47 bits per heavy atom. The maximum Gasteiger partial charge on any atom is 0.0444 e. The molecule has 0 saturated carbocycles. The van der Waals surface area contributed by atoms with Gasteiger partial charge in [0, 0.05) is 17.9 Å². The first-order valence-electron chi connectivity index (χ1n) is 5.93. The van der Waals surface area contributed by atoms with Crippen molar-refractivity contribution in [3.05, 3.63) is 24.0 Å². The quantitative estimate of drug-likeness (QED) is 0.703. The van der Waals surface area contributed by atoms with Crippen LogP contribution in [0.1, 0.15) is 31.5 Å². The molecule has 0 bridgehead atoms. The number of hydrogen-bond acceptors (Lipinski definition) is 2. The van der Waals surface area contributed by atoms with Crippen LogP contribution in [0.5, 0.6) is 0 Å². The second kappa shape index (κ2) is 5.33. The molecule has 3 N–H and O–H groups in total. The van der Waals surface area contributed by atoms with E-state index in [4.69, 9.17) is 0 Å². The summed E-state index contributed by atoms with van der Waals surface area (Å²) in [4.78, 5) is 3.25. The zero-order chi connectivity index (χ0) is 10.5. The molecule has 3 nitrogen and oxygen atoms in total. The third-order valence-electron chi connectivity index (χ3n) is 3.26. The number of nitrogens with one attached hydrogen (secondary N) is 3. The normalized spacial score (nSPS) is 20.3. The van der Waals surface area contributed by atoms with Crippen molar-refractivity contribution >= 4 is 0 Å². The van der Waals surface area contributed by atoms with E-state index in [0.717, 1.165) is 12.5 Å². The molecule has 1 aromatic heterocycles. The average Bonchev–Trinajstić information content (AvgIpc) is 2.81. The van der Waals surface area contributed by atoms with Crippen LogP contribution >= 0.6 is 0 Å². The zero-order valence-corrected chi connectivity index (χ0v) is 9.42. The molecular weight excluding hydrogens is 186 g/mol. The lowest BCUT2D eigenvalue weighted by Crippen LogP contribution is -2.34. The molecule has 1 aliphatic heterocycles. The minimum absolute atomic E-state index is 0.440. The Bertz CT molecular complexity index is 262. The van der Waals surface area contributed by atoms with Gasteiger partial charge in [0.2, 0.25) is 0 Å². The largest absolute Gasteiger partial charge is 0.364 e. The van der Waals surface area contributed by atoms with Gasteiger partial charge in [-0.2, -0.15) is 0 Å². The van der Waals surface area contributed by atoms with Gasteiger partial charge in [-0.3, -0.25) is 0 Å². The van der Waals surface area contributed by atoms with Gasteiger partial charge in [0.25, 0.3) is 0 Å². The Hall–Kier alpha value is -0.800. The number of hydrogen-bond donors (Lipinski definition) is 3. The van der Waals surface area contributed by atoms with Gasteiger partial charge in [-0.15, -0.1) is 0 Å². The minimum atomic E-state index is 0.440. The first-order valence-corrected chi connectivity index (χ1v) is 5.93.